The number of benzene rings is 2. The predicted molar refractivity (Wildman–Crippen MR) is 112 cm³/mol. The number of ether oxygens (including phenoxy) is 2. The van der Waals surface area contributed by atoms with Crippen molar-refractivity contribution in [3.8, 4) is 11.5 Å². The van der Waals surface area contributed by atoms with Gasteiger partial charge in [0.1, 0.15) is 11.5 Å². The number of aromatic hydroxyl groups is 1. The number of amides is 3. The number of nitrogens with zero attached hydrogens (tertiary/aromatic N) is 2. The Kier molecular flexibility index (Phi) is 7.17. The number of rotatable bonds is 5. The highest BCUT2D eigenvalue weighted by molar-refractivity contribution is 6.40. The van der Waals surface area contributed by atoms with Gasteiger partial charge in [-0.2, -0.15) is 5.10 Å². The van der Waals surface area contributed by atoms with Crippen molar-refractivity contribution in [2.24, 2.45) is 5.10 Å². The third-order valence-corrected chi connectivity index (χ3v) is 4.51. The zero-order valence-electron chi connectivity index (χ0n) is 16.8. The number of hydrazone groups is 1. The van der Waals surface area contributed by atoms with Crippen LogP contribution < -0.4 is 15.5 Å². The van der Waals surface area contributed by atoms with Crippen molar-refractivity contribution in [1.29, 1.82) is 0 Å². The van der Waals surface area contributed by atoms with Crippen LogP contribution in [-0.2, 0) is 14.3 Å². The van der Waals surface area contributed by atoms with Gasteiger partial charge >= 0.3 is 11.8 Å². The smallest absolute Gasteiger partial charge is 0.329 e. The summed E-state index contributed by atoms with van der Waals surface area (Å²) in [6.07, 6.45) is 1.18. The van der Waals surface area contributed by atoms with Gasteiger partial charge in [0, 0.05) is 18.7 Å². The van der Waals surface area contributed by atoms with Gasteiger partial charge in [-0.05, 0) is 30.3 Å². The molecule has 2 aromatic rings. The summed E-state index contributed by atoms with van der Waals surface area (Å²) in [5.74, 6) is -1.86. The largest absolute Gasteiger partial charge is 0.507 e. The number of nitrogens with one attached hydrogen (secondary N) is 2. The fourth-order valence-corrected chi connectivity index (χ4v) is 2.87. The van der Waals surface area contributed by atoms with Crippen molar-refractivity contribution >= 4 is 29.6 Å². The van der Waals surface area contributed by atoms with Crippen LogP contribution in [0, 0.1) is 0 Å². The molecule has 0 bridgehead atoms. The average Bonchev–Trinajstić information content (AvgIpc) is 2.80. The maximum atomic E-state index is 12.7. The van der Waals surface area contributed by atoms with Crippen LogP contribution in [0.3, 0.4) is 0 Å². The number of anilines is 1. The van der Waals surface area contributed by atoms with E-state index < -0.39 is 11.8 Å². The molecule has 0 aromatic heterocycles. The summed E-state index contributed by atoms with van der Waals surface area (Å²) in [6.45, 7) is 1.80. The molecule has 0 atom stereocenters. The molecular formula is C21H22N4O6. The highest BCUT2D eigenvalue weighted by Gasteiger charge is 2.22. The lowest BCUT2D eigenvalue weighted by atomic mass is 10.1. The van der Waals surface area contributed by atoms with Crippen LogP contribution in [0.4, 0.5) is 5.69 Å². The van der Waals surface area contributed by atoms with Gasteiger partial charge in [0.05, 0.1) is 37.8 Å². The molecule has 10 heteroatoms. The van der Waals surface area contributed by atoms with Crippen LogP contribution in [-0.4, -0.2) is 67.4 Å². The fraction of sp³-hybridized carbons (Fsp3) is 0.238. The van der Waals surface area contributed by atoms with E-state index in [1.54, 1.807) is 29.2 Å². The van der Waals surface area contributed by atoms with Gasteiger partial charge < -0.3 is 24.8 Å². The highest BCUT2D eigenvalue weighted by Crippen LogP contribution is 2.21. The number of carbonyl (C=O) groups is 3. The first-order valence-corrected chi connectivity index (χ1v) is 9.47. The second-order valence-electron chi connectivity index (χ2n) is 6.53. The minimum Gasteiger partial charge on any atom is -0.507 e. The summed E-state index contributed by atoms with van der Waals surface area (Å²) in [6, 6.07) is 10.9. The summed E-state index contributed by atoms with van der Waals surface area (Å²) in [7, 11) is 1.47. The standard InChI is InChI=1S/C21H22N4O6/c1-30-15-6-7-18(26)14(12-15)13-22-24-20(28)19(27)23-17-5-3-2-4-16(17)21(29)25-8-10-31-11-9-25/h2-7,12-13,26H,8-11H2,1H3,(H,23,27)(H,24,28). The van der Waals surface area contributed by atoms with Crippen molar-refractivity contribution < 1.29 is 29.0 Å². The first kappa shape index (κ1) is 21.8. The van der Waals surface area contributed by atoms with Crippen LogP contribution in [0.15, 0.2) is 47.6 Å². The molecular weight excluding hydrogens is 404 g/mol. The Hall–Kier alpha value is -3.92. The first-order chi connectivity index (χ1) is 15.0. The second kappa shape index (κ2) is 10.2. The minimum absolute atomic E-state index is 0.0706. The molecule has 1 aliphatic heterocycles. The third kappa shape index (κ3) is 5.58. The van der Waals surface area contributed by atoms with E-state index in [0.29, 0.717) is 37.6 Å². The van der Waals surface area contributed by atoms with Crippen LogP contribution in [0.5, 0.6) is 11.5 Å². The topological polar surface area (TPSA) is 130 Å². The van der Waals surface area contributed by atoms with E-state index in [-0.39, 0.29) is 22.9 Å². The second-order valence-corrected chi connectivity index (χ2v) is 6.53. The van der Waals surface area contributed by atoms with Gasteiger partial charge in [-0.25, -0.2) is 5.43 Å². The molecule has 3 rings (SSSR count). The molecule has 0 aliphatic carbocycles. The zero-order valence-corrected chi connectivity index (χ0v) is 16.8. The van der Waals surface area contributed by atoms with Crippen molar-refractivity contribution in [2.45, 2.75) is 0 Å². The number of methoxy groups -OCH3 is 1. The highest BCUT2D eigenvalue weighted by atomic mass is 16.5. The summed E-state index contributed by atoms with van der Waals surface area (Å²) < 4.78 is 10.3. The number of para-hydroxylation sites is 1. The van der Waals surface area contributed by atoms with E-state index in [4.69, 9.17) is 9.47 Å². The molecule has 0 spiro atoms. The van der Waals surface area contributed by atoms with Crippen molar-refractivity contribution in [2.75, 3.05) is 38.7 Å². The Morgan fingerprint density at radius 3 is 2.61 bits per heavy atom. The number of morpholine rings is 1. The molecule has 1 saturated heterocycles. The van der Waals surface area contributed by atoms with E-state index in [1.807, 2.05) is 0 Å². The maximum absolute atomic E-state index is 12.7. The number of hydrogen-bond donors (Lipinski definition) is 3. The molecule has 162 valence electrons. The number of phenolic OH excluding ortho intramolecular Hbond substituents is 1. The van der Waals surface area contributed by atoms with E-state index >= 15 is 0 Å². The number of hydrogen-bond acceptors (Lipinski definition) is 7. The Labute approximate surface area is 178 Å². The average molecular weight is 426 g/mol. The summed E-state index contributed by atoms with van der Waals surface area (Å²) in [5, 5.41) is 15.9. The Morgan fingerprint density at radius 1 is 1.13 bits per heavy atom. The molecule has 3 amide bonds. The molecule has 1 aliphatic rings. The first-order valence-electron chi connectivity index (χ1n) is 9.47. The van der Waals surface area contributed by atoms with E-state index in [0.717, 1.165) is 0 Å². The summed E-state index contributed by atoms with van der Waals surface area (Å²) >= 11 is 0. The molecule has 2 aromatic carbocycles. The lowest BCUT2D eigenvalue weighted by molar-refractivity contribution is -0.136. The fourth-order valence-electron chi connectivity index (χ4n) is 2.87. The van der Waals surface area contributed by atoms with Crippen LogP contribution in [0.25, 0.3) is 0 Å². The molecule has 31 heavy (non-hydrogen) atoms. The molecule has 10 nitrogen and oxygen atoms in total. The van der Waals surface area contributed by atoms with Gasteiger partial charge in [-0.3, -0.25) is 14.4 Å². The van der Waals surface area contributed by atoms with Gasteiger partial charge in [-0.15, -0.1) is 0 Å². The van der Waals surface area contributed by atoms with E-state index in [2.05, 4.69) is 15.8 Å². The third-order valence-electron chi connectivity index (χ3n) is 4.51. The Morgan fingerprint density at radius 2 is 1.87 bits per heavy atom. The van der Waals surface area contributed by atoms with Gasteiger partial charge in [0.15, 0.2) is 0 Å². The number of phenols is 1. The summed E-state index contributed by atoms with van der Waals surface area (Å²) in [4.78, 5) is 38.7. The lowest BCUT2D eigenvalue weighted by Crippen LogP contribution is -2.41. The maximum Gasteiger partial charge on any atom is 0.329 e. The Bertz CT molecular complexity index is 1000. The van der Waals surface area contributed by atoms with Crippen LogP contribution in [0.2, 0.25) is 0 Å². The zero-order chi connectivity index (χ0) is 22.2. The normalized spacial score (nSPS) is 13.6. The minimum atomic E-state index is -1.03. The Balaban J connectivity index is 1.64. The lowest BCUT2D eigenvalue weighted by Gasteiger charge is -2.27. The quantitative estimate of drug-likeness (QED) is 0.371. The van der Waals surface area contributed by atoms with Crippen molar-refractivity contribution in [3.63, 3.8) is 0 Å². The molecule has 1 heterocycles. The van der Waals surface area contributed by atoms with E-state index in [9.17, 15) is 19.5 Å². The SMILES string of the molecule is COc1ccc(O)c(C=NNC(=O)C(=O)Nc2ccccc2C(=O)N2CCOCC2)c1. The monoisotopic (exact) mass is 426 g/mol. The summed E-state index contributed by atoms with van der Waals surface area (Å²) in [5.41, 5.74) is 2.87. The molecule has 1 fully saturated rings. The van der Waals surface area contributed by atoms with Crippen molar-refractivity contribution in [1.82, 2.24) is 10.3 Å². The van der Waals surface area contributed by atoms with Gasteiger partial charge in [0.2, 0.25) is 0 Å². The van der Waals surface area contributed by atoms with E-state index in [1.165, 1.54) is 31.5 Å². The molecule has 3 N–H and O–H groups in total. The van der Waals surface area contributed by atoms with Crippen molar-refractivity contribution in [3.05, 3.63) is 53.6 Å². The van der Waals surface area contributed by atoms with Gasteiger partial charge in [-0.1, -0.05) is 12.1 Å². The van der Waals surface area contributed by atoms with Crippen LogP contribution in [0.1, 0.15) is 15.9 Å². The predicted octanol–water partition coefficient (Wildman–Crippen LogP) is 0.962. The van der Waals surface area contributed by atoms with Crippen LogP contribution >= 0.6 is 0 Å². The van der Waals surface area contributed by atoms with Gasteiger partial charge in [0.25, 0.3) is 5.91 Å². The number of carbonyl (C=O) groups excluding carboxylic acids is 3. The molecule has 0 saturated carbocycles. The molecule has 0 radical (unpaired) electrons. The molecule has 0 unspecified atom stereocenters.